The van der Waals surface area contributed by atoms with E-state index in [1.165, 1.54) is 0 Å². The predicted octanol–water partition coefficient (Wildman–Crippen LogP) is 4.31. The number of fused-ring (bicyclic) bond motifs is 1. The van der Waals surface area contributed by atoms with Crippen molar-refractivity contribution in [2.75, 3.05) is 26.0 Å². The number of aromatic amines is 1. The summed E-state index contributed by atoms with van der Waals surface area (Å²) in [4.78, 5) is 31.0. The van der Waals surface area contributed by atoms with Gasteiger partial charge in [0.1, 0.15) is 11.5 Å². The molecule has 0 spiro atoms. The molecule has 2 N–H and O–H groups in total. The standard InChI is InChI=1S/C25H26N6O/c1-4-23-26-11-10-22(30-23)21-16-28-25-20(21)14-18(15-27-25)17-7-5-8-19(13-17)29-24(32)9-6-12-31(2)3/h5-11,13-16H,4,12H2,1-3H3,(H,27,28)(H,29,32)/b9-6+. The molecule has 0 saturated heterocycles. The summed E-state index contributed by atoms with van der Waals surface area (Å²) in [6.07, 6.45) is 9.72. The maximum atomic E-state index is 12.2. The second kappa shape index (κ2) is 9.53. The summed E-state index contributed by atoms with van der Waals surface area (Å²) in [5.41, 5.74) is 5.33. The summed E-state index contributed by atoms with van der Waals surface area (Å²) >= 11 is 0. The number of nitrogens with one attached hydrogen (secondary N) is 2. The minimum absolute atomic E-state index is 0.152. The number of likely N-dealkylation sites (N-methyl/N-ethyl adjacent to an activating group) is 1. The third-order valence-corrected chi connectivity index (χ3v) is 5.03. The second-order valence-electron chi connectivity index (χ2n) is 7.77. The molecule has 0 aliphatic heterocycles. The molecule has 0 atom stereocenters. The van der Waals surface area contributed by atoms with Crippen LogP contribution in [0.25, 0.3) is 33.4 Å². The quantitative estimate of drug-likeness (QED) is 0.430. The Morgan fingerprint density at radius 2 is 2.03 bits per heavy atom. The molecule has 3 heterocycles. The van der Waals surface area contributed by atoms with Gasteiger partial charge in [0.05, 0.1) is 5.69 Å². The van der Waals surface area contributed by atoms with Gasteiger partial charge in [0.2, 0.25) is 5.91 Å². The van der Waals surface area contributed by atoms with E-state index < -0.39 is 0 Å². The normalized spacial score (nSPS) is 11.5. The van der Waals surface area contributed by atoms with E-state index in [0.29, 0.717) is 6.54 Å². The molecule has 0 bridgehead atoms. The van der Waals surface area contributed by atoms with E-state index in [0.717, 1.165) is 51.4 Å². The summed E-state index contributed by atoms with van der Waals surface area (Å²) < 4.78 is 0. The first-order valence-electron chi connectivity index (χ1n) is 10.6. The van der Waals surface area contributed by atoms with Crippen molar-refractivity contribution >= 4 is 22.6 Å². The molecule has 0 aliphatic rings. The van der Waals surface area contributed by atoms with Crippen molar-refractivity contribution in [2.24, 2.45) is 0 Å². The molecular formula is C25H26N6O. The Bertz CT molecular complexity index is 1270. The van der Waals surface area contributed by atoms with Gasteiger partial charge in [-0.2, -0.15) is 0 Å². The van der Waals surface area contributed by atoms with Gasteiger partial charge in [-0.05, 0) is 43.9 Å². The molecule has 1 aromatic carbocycles. The van der Waals surface area contributed by atoms with Crippen LogP contribution < -0.4 is 5.32 Å². The average Bonchev–Trinajstić information content (AvgIpc) is 3.22. The summed E-state index contributed by atoms with van der Waals surface area (Å²) in [5, 5.41) is 3.91. The van der Waals surface area contributed by atoms with Crippen LogP contribution in [0, 0.1) is 0 Å². The van der Waals surface area contributed by atoms with E-state index >= 15 is 0 Å². The summed E-state index contributed by atoms with van der Waals surface area (Å²) in [6, 6.07) is 11.8. The molecule has 3 aromatic heterocycles. The van der Waals surface area contributed by atoms with E-state index in [4.69, 9.17) is 0 Å². The van der Waals surface area contributed by atoms with Crippen LogP contribution in [0.5, 0.6) is 0 Å². The zero-order valence-electron chi connectivity index (χ0n) is 18.5. The molecule has 0 radical (unpaired) electrons. The Kier molecular flexibility index (Phi) is 6.37. The number of hydrogen-bond acceptors (Lipinski definition) is 5. The molecule has 4 rings (SSSR count). The van der Waals surface area contributed by atoms with Gasteiger partial charge in [-0.3, -0.25) is 4.79 Å². The van der Waals surface area contributed by atoms with E-state index in [1.54, 1.807) is 12.3 Å². The molecule has 7 heteroatoms. The number of benzene rings is 1. The van der Waals surface area contributed by atoms with Crippen LogP contribution in [-0.4, -0.2) is 51.4 Å². The number of nitrogens with zero attached hydrogens (tertiary/aromatic N) is 4. The smallest absolute Gasteiger partial charge is 0.248 e. The number of anilines is 1. The van der Waals surface area contributed by atoms with Crippen LogP contribution in [0.2, 0.25) is 0 Å². The van der Waals surface area contributed by atoms with Crippen LogP contribution in [0.15, 0.2) is 67.1 Å². The van der Waals surface area contributed by atoms with Crippen molar-refractivity contribution in [3.8, 4) is 22.4 Å². The molecule has 32 heavy (non-hydrogen) atoms. The zero-order valence-corrected chi connectivity index (χ0v) is 18.5. The highest BCUT2D eigenvalue weighted by Crippen LogP contribution is 2.30. The van der Waals surface area contributed by atoms with Crippen molar-refractivity contribution in [2.45, 2.75) is 13.3 Å². The number of carbonyl (C=O) groups excluding carboxylic acids is 1. The third kappa shape index (κ3) is 4.90. The minimum Gasteiger partial charge on any atom is -0.345 e. The molecule has 162 valence electrons. The predicted molar refractivity (Wildman–Crippen MR) is 128 cm³/mol. The number of aromatic nitrogens is 4. The van der Waals surface area contributed by atoms with Crippen molar-refractivity contribution in [3.05, 3.63) is 73.0 Å². The molecule has 0 fully saturated rings. The SMILES string of the molecule is CCc1nccc(-c2c[nH]c3ncc(-c4cccc(NC(=O)/C=C/CN(C)C)c4)cc23)n1. The lowest BCUT2D eigenvalue weighted by Gasteiger charge is -2.07. The van der Waals surface area contributed by atoms with Gasteiger partial charge in [-0.1, -0.05) is 25.1 Å². The molecule has 0 aliphatic carbocycles. The Balaban J connectivity index is 1.62. The molecule has 0 unspecified atom stereocenters. The number of amides is 1. The van der Waals surface area contributed by atoms with Crippen LogP contribution >= 0.6 is 0 Å². The Hall–Kier alpha value is -3.84. The van der Waals surface area contributed by atoms with E-state index in [1.807, 2.05) is 74.7 Å². The van der Waals surface area contributed by atoms with Crippen LogP contribution in [0.1, 0.15) is 12.7 Å². The highest BCUT2D eigenvalue weighted by atomic mass is 16.1. The van der Waals surface area contributed by atoms with Crippen molar-refractivity contribution in [3.63, 3.8) is 0 Å². The van der Waals surface area contributed by atoms with Gasteiger partial charge in [0.25, 0.3) is 0 Å². The van der Waals surface area contributed by atoms with Gasteiger partial charge in [0.15, 0.2) is 0 Å². The topological polar surface area (TPSA) is 86.8 Å². The molecule has 1 amide bonds. The van der Waals surface area contributed by atoms with E-state index in [-0.39, 0.29) is 5.91 Å². The van der Waals surface area contributed by atoms with Gasteiger partial charge in [-0.25, -0.2) is 15.0 Å². The number of carbonyl (C=O) groups is 1. The average molecular weight is 427 g/mol. The molecular weight excluding hydrogens is 400 g/mol. The minimum atomic E-state index is -0.152. The molecule has 4 aromatic rings. The van der Waals surface area contributed by atoms with Gasteiger partial charge in [-0.15, -0.1) is 0 Å². The van der Waals surface area contributed by atoms with Crippen molar-refractivity contribution < 1.29 is 4.79 Å². The summed E-state index contributed by atoms with van der Waals surface area (Å²) in [7, 11) is 3.92. The number of H-pyrrole nitrogens is 1. The Morgan fingerprint density at radius 3 is 2.84 bits per heavy atom. The monoisotopic (exact) mass is 426 g/mol. The second-order valence-corrected chi connectivity index (χ2v) is 7.77. The lowest BCUT2D eigenvalue weighted by atomic mass is 10.0. The van der Waals surface area contributed by atoms with Crippen LogP contribution in [-0.2, 0) is 11.2 Å². The van der Waals surface area contributed by atoms with E-state index in [9.17, 15) is 4.79 Å². The third-order valence-electron chi connectivity index (χ3n) is 5.03. The van der Waals surface area contributed by atoms with Crippen LogP contribution in [0.4, 0.5) is 5.69 Å². The Morgan fingerprint density at radius 1 is 1.16 bits per heavy atom. The Labute approximate surface area is 187 Å². The number of rotatable bonds is 7. The summed E-state index contributed by atoms with van der Waals surface area (Å²) in [5.74, 6) is 0.657. The van der Waals surface area contributed by atoms with Crippen molar-refractivity contribution in [1.82, 2.24) is 24.8 Å². The first-order valence-corrected chi connectivity index (χ1v) is 10.6. The fourth-order valence-electron chi connectivity index (χ4n) is 3.42. The zero-order chi connectivity index (χ0) is 22.5. The van der Waals surface area contributed by atoms with Crippen LogP contribution in [0.3, 0.4) is 0 Å². The first kappa shape index (κ1) is 21.4. The molecule has 7 nitrogen and oxygen atoms in total. The lowest BCUT2D eigenvalue weighted by Crippen LogP contribution is -2.12. The van der Waals surface area contributed by atoms with E-state index in [2.05, 4.69) is 31.3 Å². The maximum Gasteiger partial charge on any atom is 0.248 e. The highest BCUT2D eigenvalue weighted by molar-refractivity contribution is 6.00. The maximum absolute atomic E-state index is 12.2. The lowest BCUT2D eigenvalue weighted by molar-refractivity contribution is -0.111. The van der Waals surface area contributed by atoms with Gasteiger partial charge < -0.3 is 15.2 Å². The fourth-order valence-corrected chi connectivity index (χ4v) is 3.42. The summed E-state index contributed by atoms with van der Waals surface area (Å²) in [6.45, 7) is 2.75. The first-order chi connectivity index (χ1) is 15.5. The highest BCUT2D eigenvalue weighted by Gasteiger charge is 2.11. The number of hydrogen-bond donors (Lipinski definition) is 2. The van der Waals surface area contributed by atoms with Crippen molar-refractivity contribution in [1.29, 1.82) is 0 Å². The molecule has 0 saturated carbocycles. The van der Waals surface area contributed by atoms with Gasteiger partial charge in [0, 0.05) is 59.8 Å². The number of aryl methyl sites for hydroxylation is 1. The largest absolute Gasteiger partial charge is 0.345 e. The van der Waals surface area contributed by atoms with Gasteiger partial charge >= 0.3 is 0 Å². The fraction of sp³-hybridized carbons (Fsp3) is 0.200. The number of pyridine rings is 1.